The van der Waals surface area contributed by atoms with Gasteiger partial charge in [-0.25, -0.2) is 4.98 Å². The van der Waals surface area contributed by atoms with Crippen molar-refractivity contribution in [3.05, 3.63) is 23.9 Å². The Bertz CT molecular complexity index is 441. The van der Waals surface area contributed by atoms with E-state index in [1.807, 2.05) is 0 Å². The molecule has 0 spiro atoms. The van der Waals surface area contributed by atoms with Gasteiger partial charge in [-0.3, -0.25) is 4.79 Å². The molecular weight excluding hydrogens is 240 g/mol. The Morgan fingerprint density at radius 1 is 1.58 bits per heavy atom. The van der Waals surface area contributed by atoms with E-state index in [0.29, 0.717) is 17.0 Å². The first-order valence-corrected chi connectivity index (χ1v) is 6.72. The number of rotatable bonds is 4. The Kier molecular flexibility index (Phi) is 4.04. The molecule has 1 aromatic heterocycles. The average Bonchev–Trinajstić information content (AvgIpc) is 2.37. The number of hydrogen-bond acceptors (Lipinski definition) is 4. The van der Waals surface area contributed by atoms with Crippen LogP contribution in [0.5, 0.6) is 0 Å². The van der Waals surface area contributed by atoms with E-state index in [1.165, 1.54) is 19.0 Å². The lowest BCUT2D eigenvalue weighted by atomic mass is 9.77. The number of primary amides is 1. The molecular formula is C14H22N4O. The number of carbonyl (C=O) groups is 1. The average molecular weight is 262 g/mol. The van der Waals surface area contributed by atoms with Gasteiger partial charge in [-0.15, -0.1) is 0 Å². The van der Waals surface area contributed by atoms with Gasteiger partial charge < -0.3 is 16.4 Å². The second-order valence-electron chi connectivity index (χ2n) is 5.78. The zero-order valence-corrected chi connectivity index (χ0v) is 11.6. The molecule has 5 heteroatoms. The third-order valence-corrected chi connectivity index (χ3v) is 3.87. The van der Waals surface area contributed by atoms with Gasteiger partial charge in [-0.2, -0.15) is 0 Å². The molecule has 0 aromatic carbocycles. The summed E-state index contributed by atoms with van der Waals surface area (Å²) in [5, 5.41) is 6.86. The summed E-state index contributed by atoms with van der Waals surface area (Å²) in [6, 6.07) is 3.91. The number of nitrogens with zero attached hydrogens (tertiary/aromatic N) is 1. The van der Waals surface area contributed by atoms with E-state index in [0.717, 1.165) is 18.9 Å². The van der Waals surface area contributed by atoms with E-state index in [4.69, 9.17) is 5.73 Å². The number of amides is 1. The van der Waals surface area contributed by atoms with Crippen molar-refractivity contribution in [3.8, 4) is 0 Å². The summed E-state index contributed by atoms with van der Waals surface area (Å²) >= 11 is 0. The lowest BCUT2D eigenvalue weighted by molar-refractivity contribution is 0.1000. The zero-order chi connectivity index (χ0) is 13.9. The van der Waals surface area contributed by atoms with Gasteiger partial charge in [-0.05, 0) is 36.9 Å². The van der Waals surface area contributed by atoms with Crippen LogP contribution in [0.3, 0.4) is 0 Å². The van der Waals surface area contributed by atoms with Crippen molar-refractivity contribution in [3.63, 3.8) is 0 Å². The zero-order valence-electron chi connectivity index (χ0n) is 11.6. The predicted octanol–water partition coefficient (Wildman–Crippen LogP) is 1.37. The predicted molar refractivity (Wildman–Crippen MR) is 76.1 cm³/mol. The van der Waals surface area contributed by atoms with Crippen LogP contribution in [0.1, 0.15) is 37.0 Å². The van der Waals surface area contributed by atoms with Gasteiger partial charge in [0.2, 0.25) is 5.91 Å². The molecule has 19 heavy (non-hydrogen) atoms. The van der Waals surface area contributed by atoms with Gasteiger partial charge in [-0.1, -0.05) is 13.8 Å². The van der Waals surface area contributed by atoms with E-state index in [-0.39, 0.29) is 0 Å². The third kappa shape index (κ3) is 3.44. The Labute approximate surface area is 114 Å². The van der Waals surface area contributed by atoms with E-state index >= 15 is 0 Å². The van der Waals surface area contributed by atoms with Crippen LogP contribution in [0.4, 0.5) is 5.82 Å². The van der Waals surface area contributed by atoms with Crippen LogP contribution in [0.25, 0.3) is 0 Å². The van der Waals surface area contributed by atoms with Crippen molar-refractivity contribution in [1.29, 1.82) is 0 Å². The summed E-state index contributed by atoms with van der Waals surface area (Å²) in [5.74, 6) is 0.322. The van der Waals surface area contributed by atoms with Gasteiger partial charge >= 0.3 is 0 Å². The molecule has 1 amide bonds. The Balaban J connectivity index is 1.93. The molecule has 1 atom stereocenters. The van der Waals surface area contributed by atoms with Crippen LogP contribution in [0, 0.1) is 5.41 Å². The summed E-state index contributed by atoms with van der Waals surface area (Å²) in [5.41, 5.74) is 5.90. The monoisotopic (exact) mass is 262 g/mol. The maximum absolute atomic E-state index is 11.0. The molecule has 0 bridgehead atoms. The maximum Gasteiger partial charge on any atom is 0.250 e. The van der Waals surface area contributed by atoms with Crippen molar-refractivity contribution >= 4 is 11.7 Å². The number of carbonyl (C=O) groups excluding carboxylic acids is 1. The molecule has 104 valence electrons. The van der Waals surface area contributed by atoms with Crippen molar-refractivity contribution in [2.45, 2.75) is 32.7 Å². The lowest BCUT2D eigenvalue weighted by Crippen LogP contribution is -2.50. The molecule has 1 aromatic rings. The van der Waals surface area contributed by atoms with E-state index in [2.05, 4.69) is 29.5 Å². The number of hydrogen-bond donors (Lipinski definition) is 3. The normalized spacial score (nSPS) is 21.9. The van der Waals surface area contributed by atoms with Crippen LogP contribution >= 0.6 is 0 Å². The largest absolute Gasteiger partial charge is 0.368 e. The highest BCUT2D eigenvalue weighted by Crippen LogP contribution is 2.30. The molecule has 1 unspecified atom stereocenters. The van der Waals surface area contributed by atoms with Crippen LogP contribution in [0.2, 0.25) is 0 Å². The summed E-state index contributed by atoms with van der Waals surface area (Å²) in [6.45, 7) is 6.48. The van der Waals surface area contributed by atoms with Gasteiger partial charge in [0.15, 0.2) is 0 Å². The topological polar surface area (TPSA) is 80.0 Å². The fourth-order valence-electron chi connectivity index (χ4n) is 2.47. The SMILES string of the molecule is CC1(C)CCCNC1CNc1ccc(C(N)=O)cn1. The standard InChI is InChI=1S/C14H22N4O/c1-14(2)6-3-7-16-11(14)9-18-12-5-4-10(8-17-12)13(15)19/h4-5,8,11,16H,3,6-7,9H2,1-2H3,(H2,15,19)(H,17,18). The highest BCUT2D eigenvalue weighted by Gasteiger charge is 2.31. The first-order valence-electron chi connectivity index (χ1n) is 6.72. The van der Waals surface area contributed by atoms with Crippen molar-refractivity contribution in [1.82, 2.24) is 10.3 Å². The summed E-state index contributed by atoms with van der Waals surface area (Å²) in [4.78, 5) is 15.1. The number of nitrogens with one attached hydrogen (secondary N) is 2. The van der Waals surface area contributed by atoms with Gasteiger partial charge in [0.1, 0.15) is 5.82 Å². The number of pyridine rings is 1. The third-order valence-electron chi connectivity index (χ3n) is 3.87. The Morgan fingerprint density at radius 2 is 2.37 bits per heavy atom. The van der Waals surface area contributed by atoms with E-state index in [9.17, 15) is 4.79 Å². The maximum atomic E-state index is 11.0. The van der Waals surface area contributed by atoms with Crippen LogP contribution in [-0.4, -0.2) is 30.0 Å². The second-order valence-corrected chi connectivity index (χ2v) is 5.78. The minimum atomic E-state index is -0.450. The van der Waals surface area contributed by atoms with Gasteiger partial charge in [0.05, 0.1) is 5.56 Å². The first kappa shape index (κ1) is 13.8. The fourth-order valence-corrected chi connectivity index (χ4v) is 2.47. The van der Waals surface area contributed by atoms with Crippen molar-refractivity contribution in [2.24, 2.45) is 11.1 Å². The van der Waals surface area contributed by atoms with Crippen molar-refractivity contribution in [2.75, 3.05) is 18.4 Å². The highest BCUT2D eigenvalue weighted by molar-refractivity contribution is 5.92. The molecule has 0 saturated carbocycles. The summed E-state index contributed by atoms with van der Waals surface area (Å²) < 4.78 is 0. The molecule has 2 rings (SSSR count). The number of aromatic nitrogens is 1. The molecule has 4 N–H and O–H groups in total. The summed E-state index contributed by atoms with van der Waals surface area (Å²) in [6.07, 6.45) is 3.97. The van der Waals surface area contributed by atoms with E-state index < -0.39 is 5.91 Å². The Hall–Kier alpha value is -1.62. The highest BCUT2D eigenvalue weighted by atomic mass is 16.1. The molecule has 2 heterocycles. The van der Waals surface area contributed by atoms with Crippen LogP contribution in [-0.2, 0) is 0 Å². The first-order chi connectivity index (χ1) is 8.99. The Morgan fingerprint density at radius 3 is 2.95 bits per heavy atom. The number of nitrogens with two attached hydrogens (primary N) is 1. The lowest BCUT2D eigenvalue weighted by Gasteiger charge is -2.39. The molecule has 1 saturated heterocycles. The molecule has 5 nitrogen and oxygen atoms in total. The molecule has 1 aliphatic rings. The number of piperidine rings is 1. The molecule has 0 aliphatic carbocycles. The fraction of sp³-hybridized carbons (Fsp3) is 0.571. The smallest absolute Gasteiger partial charge is 0.250 e. The summed E-state index contributed by atoms with van der Waals surface area (Å²) in [7, 11) is 0. The second kappa shape index (κ2) is 5.57. The van der Waals surface area contributed by atoms with Gasteiger partial charge in [0, 0.05) is 18.8 Å². The molecule has 1 aliphatic heterocycles. The molecule has 1 fully saturated rings. The van der Waals surface area contributed by atoms with Gasteiger partial charge in [0.25, 0.3) is 0 Å². The van der Waals surface area contributed by atoms with Crippen LogP contribution < -0.4 is 16.4 Å². The minimum Gasteiger partial charge on any atom is -0.368 e. The minimum absolute atomic E-state index is 0.290. The number of anilines is 1. The van der Waals surface area contributed by atoms with E-state index in [1.54, 1.807) is 12.1 Å². The van der Waals surface area contributed by atoms with Crippen LogP contribution in [0.15, 0.2) is 18.3 Å². The molecule has 0 radical (unpaired) electrons. The quantitative estimate of drug-likeness (QED) is 0.765. The van der Waals surface area contributed by atoms with Crippen molar-refractivity contribution < 1.29 is 4.79 Å².